The van der Waals surface area contributed by atoms with Crippen LogP contribution in [0.5, 0.6) is 0 Å². The summed E-state index contributed by atoms with van der Waals surface area (Å²) in [5.41, 5.74) is 1.78. The highest BCUT2D eigenvalue weighted by atomic mass is 16.5. The van der Waals surface area contributed by atoms with Crippen molar-refractivity contribution in [3.63, 3.8) is 0 Å². The van der Waals surface area contributed by atoms with Gasteiger partial charge in [-0.25, -0.2) is 4.79 Å². The molecule has 5 heteroatoms. The SMILES string of the molecule is COC(=O)C(C)Cc1ccc(NC(=O)NC2CC2C)cc1. The molecule has 3 unspecified atom stereocenters. The van der Waals surface area contributed by atoms with Crippen LogP contribution in [0.2, 0.25) is 0 Å². The van der Waals surface area contributed by atoms with E-state index in [0.29, 0.717) is 18.4 Å². The van der Waals surface area contributed by atoms with Crippen molar-refractivity contribution in [2.24, 2.45) is 11.8 Å². The van der Waals surface area contributed by atoms with Crippen LogP contribution in [-0.2, 0) is 16.0 Å². The predicted octanol–water partition coefficient (Wildman–Crippen LogP) is 2.57. The van der Waals surface area contributed by atoms with E-state index in [4.69, 9.17) is 4.74 Å². The van der Waals surface area contributed by atoms with Gasteiger partial charge in [0.05, 0.1) is 13.0 Å². The molecule has 1 saturated carbocycles. The number of ether oxygens (including phenoxy) is 1. The summed E-state index contributed by atoms with van der Waals surface area (Å²) in [5, 5.41) is 5.72. The fourth-order valence-corrected chi connectivity index (χ4v) is 2.22. The lowest BCUT2D eigenvalue weighted by Gasteiger charge is -2.10. The highest BCUT2D eigenvalue weighted by molar-refractivity contribution is 5.89. The van der Waals surface area contributed by atoms with Crippen LogP contribution < -0.4 is 10.6 Å². The molecule has 0 aliphatic heterocycles. The minimum absolute atomic E-state index is 0.167. The number of carbonyl (C=O) groups excluding carboxylic acids is 2. The first-order valence-electron chi connectivity index (χ1n) is 7.24. The first kappa shape index (κ1) is 15.4. The van der Waals surface area contributed by atoms with E-state index < -0.39 is 0 Å². The molecular formula is C16H22N2O3. The number of carbonyl (C=O) groups is 2. The number of nitrogens with one attached hydrogen (secondary N) is 2. The molecule has 1 aromatic carbocycles. The number of hydrogen-bond donors (Lipinski definition) is 2. The number of rotatable bonds is 5. The second-order valence-electron chi connectivity index (χ2n) is 5.74. The van der Waals surface area contributed by atoms with Crippen molar-refractivity contribution < 1.29 is 14.3 Å². The Labute approximate surface area is 125 Å². The molecule has 1 fully saturated rings. The van der Waals surface area contributed by atoms with Crippen molar-refractivity contribution in [3.8, 4) is 0 Å². The molecule has 0 bridgehead atoms. The van der Waals surface area contributed by atoms with E-state index in [-0.39, 0.29) is 17.9 Å². The molecule has 1 aliphatic rings. The van der Waals surface area contributed by atoms with Crippen molar-refractivity contribution >= 4 is 17.7 Å². The average molecular weight is 290 g/mol. The Kier molecular flexibility index (Phi) is 4.83. The van der Waals surface area contributed by atoms with Crippen molar-refractivity contribution in [1.82, 2.24) is 5.32 Å². The van der Waals surface area contributed by atoms with Crippen molar-refractivity contribution in [2.45, 2.75) is 32.7 Å². The van der Waals surface area contributed by atoms with Crippen LogP contribution in [0, 0.1) is 11.8 Å². The molecule has 114 valence electrons. The van der Waals surface area contributed by atoms with Crippen LogP contribution >= 0.6 is 0 Å². The third-order valence-corrected chi connectivity index (χ3v) is 3.78. The highest BCUT2D eigenvalue weighted by Gasteiger charge is 2.33. The van der Waals surface area contributed by atoms with Gasteiger partial charge < -0.3 is 15.4 Å². The zero-order chi connectivity index (χ0) is 15.4. The van der Waals surface area contributed by atoms with Crippen LogP contribution in [0.1, 0.15) is 25.8 Å². The normalized spacial score (nSPS) is 21.3. The molecule has 1 aliphatic carbocycles. The molecule has 3 atom stereocenters. The quantitative estimate of drug-likeness (QED) is 0.819. The van der Waals surface area contributed by atoms with Crippen LogP contribution in [0.15, 0.2) is 24.3 Å². The molecule has 2 rings (SSSR count). The van der Waals surface area contributed by atoms with E-state index in [9.17, 15) is 9.59 Å². The van der Waals surface area contributed by atoms with E-state index >= 15 is 0 Å². The minimum Gasteiger partial charge on any atom is -0.469 e. The maximum Gasteiger partial charge on any atom is 0.319 e. The maximum atomic E-state index is 11.7. The smallest absolute Gasteiger partial charge is 0.319 e. The largest absolute Gasteiger partial charge is 0.469 e. The number of urea groups is 1. The van der Waals surface area contributed by atoms with E-state index in [1.807, 2.05) is 31.2 Å². The fraction of sp³-hybridized carbons (Fsp3) is 0.500. The summed E-state index contributed by atoms with van der Waals surface area (Å²) in [6.45, 7) is 3.95. The lowest BCUT2D eigenvalue weighted by molar-refractivity contribution is -0.144. The van der Waals surface area contributed by atoms with Gasteiger partial charge in [0.2, 0.25) is 0 Å². The minimum atomic E-state index is -0.213. The van der Waals surface area contributed by atoms with Crippen LogP contribution in [0.4, 0.5) is 10.5 Å². The van der Waals surface area contributed by atoms with Crippen LogP contribution in [0.3, 0.4) is 0 Å². The lowest BCUT2D eigenvalue weighted by Crippen LogP contribution is -2.31. The summed E-state index contributed by atoms with van der Waals surface area (Å²) in [7, 11) is 1.39. The molecule has 0 radical (unpaired) electrons. The Hall–Kier alpha value is -2.04. The van der Waals surface area contributed by atoms with E-state index in [1.165, 1.54) is 7.11 Å². The second kappa shape index (κ2) is 6.61. The number of amides is 2. The summed E-state index contributed by atoms with van der Waals surface area (Å²) < 4.78 is 4.71. The molecule has 21 heavy (non-hydrogen) atoms. The topological polar surface area (TPSA) is 67.4 Å². The third-order valence-electron chi connectivity index (χ3n) is 3.78. The molecule has 5 nitrogen and oxygen atoms in total. The van der Waals surface area contributed by atoms with Crippen molar-refractivity contribution in [1.29, 1.82) is 0 Å². The second-order valence-corrected chi connectivity index (χ2v) is 5.74. The number of benzene rings is 1. The number of methoxy groups -OCH3 is 1. The zero-order valence-corrected chi connectivity index (χ0v) is 12.7. The Morgan fingerprint density at radius 2 is 1.95 bits per heavy atom. The maximum absolute atomic E-state index is 11.7. The van der Waals surface area contributed by atoms with Gasteiger partial charge in [0.1, 0.15) is 0 Å². The standard InChI is InChI=1S/C16H22N2O3/c1-10-9-14(10)18-16(20)17-13-6-4-12(5-7-13)8-11(2)15(19)21-3/h4-7,10-11,14H,8-9H2,1-3H3,(H2,17,18,20). The zero-order valence-electron chi connectivity index (χ0n) is 12.7. The molecule has 0 heterocycles. The molecular weight excluding hydrogens is 268 g/mol. The lowest BCUT2D eigenvalue weighted by atomic mass is 10.0. The Bertz CT molecular complexity index is 513. The number of anilines is 1. The van der Waals surface area contributed by atoms with E-state index in [2.05, 4.69) is 17.6 Å². The Morgan fingerprint density at radius 1 is 1.33 bits per heavy atom. The molecule has 0 saturated heterocycles. The van der Waals surface area contributed by atoms with Gasteiger partial charge in [-0.05, 0) is 36.5 Å². The van der Waals surface area contributed by atoms with E-state index in [0.717, 1.165) is 17.7 Å². The number of esters is 1. The van der Waals surface area contributed by atoms with Crippen molar-refractivity contribution in [2.75, 3.05) is 12.4 Å². The predicted molar refractivity (Wildman–Crippen MR) is 81.0 cm³/mol. The molecule has 2 N–H and O–H groups in total. The summed E-state index contributed by atoms with van der Waals surface area (Å²) in [6, 6.07) is 7.65. The van der Waals surface area contributed by atoms with E-state index in [1.54, 1.807) is 0 Å². The molecule has 0 aromatic heterocycles. The van der Waals surface area contributed by atoms with Gasteiger partial charge in [-0.3, -0.25) is 4.79 Å². The fourth-order valence-electron chi connectivity index (χ4n) is 2.22. The monoisotopic (exact) mass is 290 g/mol. The third kappa shape index (κ3) is 4.48. The first-order valence-corrected chi connectivity index (χ1v) is 7.24. The van der Waals surface area contributed by atoms with Gasteiger partial charge >= 0.3 is 12.0 Å². The number of hydrogen-bond acceptors (Lipinski definition) is 3. The summed E-state index contributed by atoms with van der Waals surface area (Å²) in [4.78, 5) is 23.1. The molecule has 1 aromatic rings. The molecule has 0 spiro atoms. The molecule has 2 amide bonds. The Balaban J connectivity index is 1.83. The Morgan fingerprint density at radius 3 is 2.48 bits per heavy atom. The van der Waals surface area contributed by atoms with Gasteiger partial charge in [-0.2, -0.15) is 0 Å². The van der Waals surface area contributed by atoms with Gasteiger partial charge in [0.15, 0.2) is 0 Å². The average Bonchev–Trinajstić information content (AvgIpc) is 3.15. The van der Waals surface area contributed by atoms with Gasteiger partial charge in [-0.15, -0.1) is 0 Å². The van der Waals surface area contributed by atoms with Gasteiger partial charge in [0.25, 0.3) is 0 Å². The summed E-state index contributed by atoms with van der Waals surface area (Å²) in [5.74, 6) is 0.196. The van der Waals surface area contributed by atoms with Gasteiger partial charge in [-0.1, -0.05) is 26.0 Å². The van der Waals surface area contributed by atoms with Crippen molar-refractivity contribution in [3.05, 3.63) is 29.8 Å². The summed E-state index contributed by atoms with van der Waals surface area (Å²) in [6.07, 6.45) is 1.68. The van der Waals surface area contributed by atoms with Crippen LogP contribution in [-0.4, -0.2) is 25.2 Å². The summed E-state index contributed by atoms with van der Waals surface area (Å²) >= 11 is 0. The highest BCUT2D eigenvalue weighted by Crippen LogP contribution is 2.28. The van der Waals surface area contributed by atoms with Gasteiger partial charge in [0, 0.05) is 11.7 Å². The van der Waals surface area contributed by atoms with Crippen LogP contribution in [0.25, 0.3) is 0 Å². The first-order chi connectivity index (χ1) is 9.99.